The number of ether oxygens (including phenoxy) is 1. The van der Waals surface area contributed by atoms with Gasteiger partial charge < -0.3 is 9.62 Å². The summed E-state index contributed by atoms with van der Waals surface area (Å²) >= 11 is 0. The van der Waals surface area contributed by atoms with E-state index in [0.717, 1.165) is 0 Å². The number of carbonyl (C=O) groups excluding carboxylic acids is 1. The smallest absolute Gasteiger partial charge is 0.346 e. The number of halogens is 1. The first kappa shape index (κ1) is 16.2. The van der Waals surface area contributed by atoms with Crippen LogP contribution < -0.4 is 4.74 Å². The van der Waals surface area contributed by atoms with Gasteiger partial charge in [0.2, 0.25) is 0 Å². The fraction of sp³-hybridized carbons (Fsp3) is 0.0714. The van der Waals surface area contributed by atoms with Gasteiger partial charge in [0.1, 0.15) is 5.75 Å². The molecule has 6 heteroatoms. The van der Waals surface area contributed by atoms with Crippen LogP contribution in [0, 0.1) is 5.82 Å². The van der Waals surface area contributed by atoms with Gasteiger partial charge in [0.15, 0.2) is 28.9 Å². The highest BCUT2D eigenvalue weighted by atomic mass is 27.0. The molecule has 0 unspecified atom stereocenters. The van der Waals surface area contributed by atoms with Crippen LogP contribution in [-0.4, -0.2) is 28.6 Å². The number of benzene rings is 2. The zero-order valence-corrected chi connectivity index (χ0v) is 9.88. The second-order valence-electron chi connectivity index (χ2n) is 3.78. The maximum absolute atomic E-state index is 14.0. The third-order valence-electron chi connectivity index (χ3n) is 2.45. The summed E-state index contributed by atoms with van der Waals surface area (Å²) in [4.78, 5) is 14.4. The fourth-order valence-electron chi connectivity index (χ4n) is 1.57. The summed E-state index contributed by atoms with van der Waals surface area (Å²) in [5, 5.41) is 8.19. The maximum atomic E-state index is 14.0. The third kappa shape index (κ3) is 4.07. The average Bonchev–Trinajstić information content (AvgIpc) is 2.44. The van der Waals surface area contributed by atoms with Crippen molar-refractivity contribution in [3.05, 3.63) is 59.9 Å². The summed E-state index contributed by atoms with van der Waals surface area (Å²) in [7, 11) is 0. The summed E-state index contributed by atoms with van der Waals surface area (Å²) in [5.41, 5.74) is 0.0903. The average molecular weight is 292 g/mol. The van der Waals surface area contributed by atoms with E-state index < -0.39 is 11.8 Å². The van der Waals surface area contributed by atoms with Crippen LogP contribution in [0.5, 0.6) is 11.5 Å². The van der Waals surface area contributed by atoms with Crippen LogP contribution in [0.1, 0.15) is 5.56 Å². The molecule has 20 heavy (non-hydrogen) atoms. The van der Waals surface area contributed by atoms with Gasteiger partial charge in [0.25, 0.3) is 0 Å². The molecular formula is C14H14AlFO4. The lowest BCUT2D eigenvalue weighted by Crippen LogP contribution is -2.07. The molecule has 2 aromatic rings. The zero-order valence-electron chi connectivity index (χ0n) is 9.88. The minimum Gasteiger partial charge on any atom is -0.454 e. The van der Waals surface area contributed by atoms with Gasteiger partial charge in [-0.05, 0) is 18.2 Å². The van der Waals surface area contributed by atoms with Crippen molar-refractivity contribution >= 4 is 23.3 Å². The summed E-state index contributed by atoms with van der Waals surface area (Å²) in [6.07, 6.45) is -0.367. The molecule has 0 bridgehead atoms. The molecule has 2 aromatic carbocycles. The Bertz CT molecular complexity index is 575. The van der Waals surface area contributed by atoms with E-state index in [1.165, 1.54) is 12.1 Å². The van der Waals surface area contributed by atoms with E-state index in [2.05, 4.69) is 4.89 Å². The van der Waals surface area contributed by atoms with E-state index in [0.29, 0.717) is 5.75 Å². The van der Waals surface area contributed by atoms with Crippen LogP contribution >= 0.6 is 0 Å². The normalized spacial score (nSPS) is 9.50. The molecule has 0 aliphatic heterocycles. The van der Waals surface area contributed by atoms with Gasteiger partial charge in [0.05, 0.1) is 6.42 Å². The highest BCUT2D eigenvalue weighted by molar-refractivity contribution is 5.75. The van der Waals surface area contributed by atoms with E-state index in [9.17, 15) is 9.18 Å². The molecule has 104 valence electrons. The van der Waals surface area contributed by atoms with Crippen molar-refractivity contribution in [3.8, 4) is 11.5 Å². The second kappa shape index (κ2) is 7.66. The molecule has 0 fully saturated rings. The maximum Gasteiger partial charge on any atom is 0.346 e. The molecule has 0 atom stereocenters. The standard InChI is InChI=1S/C14H11FO4.Al.3H/c15-14-10(9-13(16)19-17)5-4-8-12(14)18-11-6-2-1-3-7-11;;;;/h1-8,17H,9H2;;;;. The van der Waals surface area contributed by atoms with Crippen molar-refractivity contribution in [2.75, 3.05) is 0 Å². The fourth-order valence-corrected chi connectivity index (χ4v) is 1.57. The van der Waals surface area contributed by atoms with Crippen LogP contribution in [0.4, 0.5) is 4.39 Å². The summed E-state index contributed by atoms with van der Waals surface area (Å²) in [6, 6.07) is 13.2. The molecule has 0 aliphatic rings. The first-order valence-electron chi connectivity index (χ1n) is 5.55. The van der Waals surface area contributed by atoms with Gasteiger partial charge >= 0.3 is 5.97 Å². The van der Waals surface area contributed by atoms with Gasteiger partial charge in [-0.2, -0.15) is 5.26 Å². The first-order valence-corrected chi connectivity index (χ1v) is 5.55. The summed E-state index contributed by atoms with van der Waals surface area (Å²) in [6.45, 7) is 0. The number of hydrogen-bond donors (Lipinski definition) is 1. The van der Waals surface area contributed by atoms with Crippen LogP contribution in [0.3, 0.4) is 0 Å². The predicted octanol–water partition coefficient (Wildman–Crippen LogP) is 1.99. The van der Waals surface area contributed by atoms with Crippen molar-refractivity contribution in [2.45, 2.75) is 6.42 Å². The molecular weight excluding hydrogens is 278 g/mol. The predicted molar refractivity (Wildman–Crippen MR) is 75.3 cm³/mol. The number of para-hydroxylation sites is 1. The topological polar surface area (TPSA) is 55.8 Å². The number of carbonyl (C=O) groups is 1. The molecule has 0 amide bonds. The lowest BCUT2D eigenvalue weighted by molar-refractivity contribution is -0.233. The molecule has 0 heterocycles. The van der Waals surface area contributed by atoms with Crippen molar-refractivity contribution < 1.29 is 24.1 Å². The Hall–Kier alpha value is -1.87. The van der Waals surface area contributed by atoms with Crippen LogP contribution in [-0.2, 0) is 16.1 Å². The van der Waals surface area contributed by atoms with Crippen molar-refractivity contribution in [3.63, 3.8) is 0 Å². The highest BCUT2D eigenvalue weighted by Crippen LogP contribution is 2.26. The SMILES string of the molecule is O=C(Cc1cccc(Oc2ccccc2)c1F)OO.[AlH3]. The summed E-state index contributed by atoms with van der Waals surface area (Å²) in [5.74, 6) is -1.09. The third-order valence-corrected chi connectivity index (χ3v) is 2.45. The van der Waals surface area contributed by atoms with Gasteiger partial charge in [-0.3, -0.25) is 0 Å². The minimum absolute atomic E-state index is 0. The molecule has 1 N–H and O–H groups in total. The minimum atomic E-state index is -0.934. The first-order chi connectivity index (χ1) is 9.20. The Kier molecular flexibility index (Phi) is 6.20. The molecule has 0 saturated heterocycles. The highest BCUT2D eigenvalue weighted by Gasteiger charge is 2.14. The van der Waals surface area contributed by atoms with E-state index in [4.69, 9.17) is 9.99 Å². The molecule has 0 radical (unpaired) electrons. The molecule has 0 spiro atoms. The van der Waals surface area contributed by atoms with Crippen molar-refractivity contribution in [1.82, 2.24) is 0 Å². The van der Waals surface area contributed by atoms with E-state index in [1.54, 1.807) is 30.3 Å². The zero-order chi connectivity index (χ0) is 13.7. The lowest BCUT2D eigenvalue weighted by atomic mass is 10.1. The Morgan fingerprint density at radius 3 is 2.45 bits per heavy atom. The molecule has 2 rings (SSSR count). The molecule has 4 nitrogen and oxygen atoms in total. The number of rotatable bonds is 4. The molecule has 0 saturated carbocycles. The second-order valence-corrected chi connectivity index (χ2v) is 3.78. The van der Waals surface area contributed by atoms with Crippen molar-refractivity contribution in [2.24, 2.45) is 0 Å². The largest absolute Gasteiger partial charge is 0.454 e. The van der Waals surface area contributed by atoms with E-state index in [1.807, 2.05) is 6.07 Å². The quantitative estimate of drug-likeness (QED) is 0.532. The van der Waals surface area contributed by atoms with E-state index >= 15 is 0 Å². The summed E-state index contributed by atoms with van der Waals surface area (Å²) < 4.78 is 19.4. The Morgan fingerprint density at radius 2 is 1.80 bits per heavy atom. The Labute approximate surface area is 125 Å². The molecule has 0 aromatic heterocycles. The van der Waals surface area contributed by atoms with Gasteiger partial charge in [0, 0.05) is 5.56 Å². The van der Waals surface area contributed by atoms with E-state index in [-0.39, 0.29) is 35.1 Å². The molecule has 0 aliphatic carbocycles. The lowest BCUT2D eigenvalue weighted by Gasteiger charge is -2.09. The van der Waals surface area contributed by atoms with Gasteiger partial charge in [-0.15, -0.1) is 0 Å². The van der Waals surface area contributed by atoms with Crippen LogP contribution in [0.15, 0.2) is 48.5 Å². The van der Waals surface area contributed by atoms with Gasteiger partial charge in [-0.1, -0.05) is 30.3 Å². The van der Waals surface area contributed by atoms with Crippen LogP contribution in [0.2, 0.25) is 0 Å². The van der Waals surface area contributed by atoms with Crippen LogP contribution in [0.25, 0.3) is 0 Å². The Balaban J connectivity index is 0.00000200. The Morgan fingerprint density at radius 1 is 1.10 bits per heavy atom. The monoisotopic (exact) mass is 292 g/mol. The number of hydrogen-bond acceptors (Lipinski definition) is 4. The van der Waals surface area contributed by atoms with Gasteiger partial charge in [-0.25, -0.2) is 9.18 Å². The van der Waals surface area contributed by atoms with Crippen molar-refractivity contribution in [1.29, 1.82) is 0 Å².